The van der Waals surface area contributed by atoms with E-state index >= 15 is 0 Å². The first-order chi connectivity index (χ1) is 16.3. The second-order valence-corrected chi connectivity index (χ2v) is 8.27. The number of nitrogen functional groups attached to an aromatic ring is 1. The molecule has 2 N–H and O–H groups in total. The van der Waals surface area contributed by atoms with E-state index in [-0.39, 0.29) is 24.1 Å². The predicted molar refractivity (Wildman–Crippen MR) is 128 cm³/mol. The molecular formula is C24H23N7O3. The first-order valence-electron chi connectivity index (χ1n) is 10.8. The molecule has 0 spiro atoms. The van der Waals surface area contributed by atoms with Crippen LogP contribution in [-0.2, 0) is 6.54 Å². The minimum atomic E-state index is -0.444. The summed E-state index contributed by atoms with van der Waals surface area (Å²) in [7, 11) is 0. The normalized spacial score (nSPS) is 11.5. The molecule has 0 radical (unpaired) electrons. The van der Waals surface area contributed by atoms with Crippen LogP contribution in [0.2, 0.25) is 0 Å². The Kier molecular flexibility index (Phi) is 5.12. The molecule has 4 aromatic heterocycles. The molecular weight excluding hydrogens is 434 g/mol. The number of aryl methyl sites for hydroxylation is 1. The number of aromatic nitrogens is 6. The molecule has 0 fully saturated rings. The predicted octanol–water partition coefficient (Wildman–Crippen LogP) is 2.89. The van der Waals surface area contributed by atoms with Gasteiger partial charge in [0.15, 0.2) is 12.0 Å². The van der Waals surface area contributed by atoms with Gasteiger partial charge in [0.2, 0.25) is 5.95 Å². The molecule has 5 aromatic rings. The van der Waals surface area contributed by atoms with Gasteiger partial charge in [-0.2, -0.15) is 0 Å². The van der Waals surface area contributed by atoms with Crippen LogP contribution in [-0.4, -0.2) is 28.7 Å². The molecule has 0 saturated carbocycles. The Morgan fingerprint density at radius 2 is 1.82 bits per heavy atom. The van der Waals surface area contributed by atoms with Crippen LogP contribution in [0, 0.1) is 6.92 Å². The molecule has 0 aliphatic heterocycles. The Labute approximate surface area is 193 Å². The lowest BCUT2D eigenvalue weighted by atomic mass is 10.0. The van der Waals surface area contributed by atoms with E-state index in [0.29, 0.717) is 33.9 Å². The second-order valence-electron chi connectivity index (χ2n) is 8.27. The zero-order valence-corrected chi connectivity index (χ0v) is 19.0. The topological polar surface area (TPSA) is 126 Å². The van der Waals surface area contributed by atoms with Gasteiger partial charge in [-0.05, 0) is 26.8 Å². The van der Waals surface area contributed by atoms with E-state index in [9.17, 15) is 9.59 Å². The van der Waals surface area contributed by atoms with E-state index in [2.05, 4.69) is 15.1 Å². The molecule has 10 nitrogen and oxygen atoms in total. The molecule has 5 rings (SSSR count). The van der Waals surface area contributed by atoms with Crippen LogP contribution in [0.1, 0.15) is 31.3 Å². The summed E-state index contributed by atoms with van der Waals surface area (Å²) >= 11 is 0. The number of anilines is 1. The summed E-state index contributed by atoms with van der Waals surface area (Å²) in [5.41, 5.74) is 9.30. The van der Waals surface area contributed by atoms with Crippen LogP contribution in [0.4, 0.5) is 5.95 Å². The minimum absolute atomic E-state index is 0.0166. The molecule has 0 amide bonds. The van der Waals surface area contributed by atoms with E-state index in [1.165, 1.54) is 21.5 Å². The molecule has 4 heterocycles. The standard InChI is InChI=1S/C24H23N7O3/c1-14(2)29-11-17(9-10-19(29)32)20-21(16-7-5-4-6-8-16)27-23(25)31-22(20)28-30(24(31)33)12-18-15(3)34-13-26-18/h4-11,13-14H,12H2,1-3H3,(H2,25,27). The lowest BCUT2D eigenvalue weighted by molar-refractivity contribution is 0.521. The summed E-state index contributed by atoms with van der Waals surface area (Å²) in [5, 5.41) is 4.63. The number of hydrogen-bond acceptors (Lipinski definition) is 7. The van der Waals surface area contributed by atoms with Gasteiger partial charge in [0.25, 0.3) is 5.56 Å². The molecule has 0 unspecified atom stereocenters. The zero-order valence-electron chi connectivity index (χ0n) is 19.0. The fraction of sp³-hybridized carbons (Fsp3) is 0.208. The van der Waals surface area contributed by atoms with E-state index < -0.39 is 5.69 Å². The summed E-state index contributed by atoms with van der Waals surface area (Å²) in [4.78, 5) is 34.5. The van der Waals surface area contributed by atoms with Crippen molar-refractivity contribution in [2.45, 2.75) is 33.4 Å². The smallest absolute Gasteiger partial charge is 0.353 e. The molecule has 0 aliphatic rings. The van der Waals surface area contributed by atoms with Crippen LogP contribution >= 0.6 is 0 Å². The number of rotatable bonds is 5. The van der Waals surface area contributed by atoms with Crippen LogP contribution in [0.15, 0.2) is 69.1 Å². The van der Waals surface area contributed by atoms with E-state index in [1.54, 1.807) is 23.8 Å². The van der Waals surface area contributed by atoms with Gasteiger partial charge in [0.1, 0.15) is 11.5 Å². The third kappa shape index (κ3) is 3.49. The van der Waals surface area contributed by atoms with Crippen LogP contribution in [0.3, 0.4) is 0 Å². The Morgan fingerprint density at radius 1 is 1.06 bits per heavy atom. The molecule has 10 heteroatoms. The fourth-order valence-electron chi connectivity index (χ4n) is 3.95. The highest BCUT2D eigenvalue weighted by Gasteiger charge is 2.22. The molecule has 34 heavy (non-hydrogen) atoms. The Bertz CT molecular complexity index is 1620. The monoisotopic (exact) mass is 457 g/mol. The number of nitrogens with zero attached hydrogens (tertiary/aromatic N) is 6. The highest BCUT2D eigenvalue weighted by Crippen LogP contribution is 2.34. The molecule has 1 aromatic carbocycles. The van der Waals surface area contributed by atoms with E-state index in [0.717, 1.165) is 5.56 Å². The van der Waals surface area contributed by atoms with Crippen LogP contribution in [0.25, 0.3) is 28.0 Å². The van der Waals surface area contributed by atoms with E-state index in [1.807, 2.05) is 44.2 Å². The number of nitrogens with two attached hydrogens (primary N) is 1. The minimum Gasteiger partial charge on any atom is -0.448 e. The average molecular weight is 457 g/mol. The number of pyridine rings is 1. The maximum Gasteiger partial charge on any atom is 0.353 e. The van der Waals surface area contributed by atoms with Gasteiger partial charge in [0.05, 0.1) is 17.8 Å². The largest absolute Gasteiger partial charge is 0.448 e. The number of hydrogen-bond donors (Lipinski definition) is 1. The Morgan fingerprint density at radius 3 is 2.50 bits per heavy atom. The summed E-state index contributed by atoms with van der Waals surface area (Å²) in [6.45, 7) is 5.75. The maximum absolute atomic E-state index is 13.3. The number of benzene rings is 1. The number of oxazole rings is 1. The van der Waals surface area contributed by atoms with Gasteiger partial charge in [-0.25, -0.2) is 23.8 Å². The average Bonchev–Trinajstić information content (AvgIpc) is 3.38. The van der Waals surface area contributed by atoms with Gasteiger partial charge in [0, 0.05) is 29.4 Å². The lowest BCUT2D eigenvalue weighted by Gasteiger charge is -2.15. The quantitative estimate of drug-likeness (QED) is 0.430. The highest BCUT2D eigenvalue weighted by molar-refractivity contribution is 5.90. The third-order valence-electron chi connectivity index (χ3n) is 5.73. The molecule has 0 saturated heterocycles. The zero-order chi connectivity index (χ0) is 24.0. The van der Waals surface area contributed by atoms with Gasteiger partial charge >= 0.3 is 5.69 Å². The lowest BCUT2D eigenvalue weighted by Crippen LogP contribution is -2.24. The molecule has 0 atom stereocenters. The second kappa shape index (κ2) is 8.14. The van der Waals surface area contributed by atoms with Gasteiger partial charge in [-0.15, -0.1) is 5.10 Å². The first-order valence-corrected chi connectivity index (χ1v) is 10.8. The van der Waals surface area contributed by atoms with Gasteiger partial charge < -0.3 is 14.7 Å². The number of fused-ring (bicyclic) bond motifs is 1. The van der Waals surface area contributed by atoms with Crippen molar-refractivity contribution in [3.8, 4) is 22.4 Å². The van der Waals surface area contributed by atoms with Crippen molar-refractivity contribution < 1.29 is 4.42 Å². The van der Waals surface area contributed by atoms with Crippen molar-refractivity contribution in [3.05, 3.63) is 87.3 Å². The molecule has 0 bridgehead atoms. The SMILES string of the molecule is Cc1ocnc1Cn1nc2c(-c3ccc(=O)n(C(C)C)c3)c(-c3ccccc3)nc(N)n2c1=O. The van der Waals surface area contributed by atoms with Crippen molar-refractivity contribution in [1.29, 1.82) is 0 Å². The van der Waals surface area contributed by atoms with Crippen molar-refractivity contribution in [1.82, 2.24) is 28.7 Å². The van der Waals surface area contributed by atoms with E-state index in [4.69, 9.17) is 10.2 Å². The van der Waals surface area contributed by atoms with Gasteiger partial charge in [-0.1, -0.05) is 30.3 Å². The van der Waals surface area contributed by atoms with Crippen LogP contribution < -0.4 is 17.0 Å². The van der Waals surface area contributed by atoms with Crippen molar-refractivity contribution in [2.24, 2.45) is 0 Å². The van der Waals surface area contributed by atoms with Crippen molar-refractivity contribution in [3.63, 3.8) is 0 Å². The van der Waals surface area contributed by atoms with Crippen molar-refractivity contribution >= 4 is 11.6 Å². The van der Waals surface area contributed by atoms with Gasteiger partial charge in [-0.3, -0.25) is 4.79 Å². The summed E-state index contributed by atoms with van der Waals surface area (Å²) < 4.78 is 9.46. The summed E-state index contributed by atoms with van der Waals surface area (Å²) in [5.74, 6) is 0.618. The Hall–Kier alpha value is -4.47. The first kappa shape index (κ1) is 21.4. The summed E-state index contributed by atoms with van der Waals surface area (Å²) in [6.07, 6.45) is 3.09. The maximum atomic E-state index is 13.3. The van der Waals surface area contributed by atoms with Crippen molar-refractivity contribution in [2.75, 3.05) is 5.73 Å². The third-order valence-corrected chi connectivity index (χ3v) is 5.73. The Balaban J connectivity index is 1.84. The highest BCUT2D eigenvalue weighted by atomic mass is 16.3. The molecule has 172 valence electrons. The summed E-state index contributed by atoms with van der Waals surface area (Å²) in [6, 6.07) is 12.7. The molecule has 0 aliphatic carbocycles. The fourth-order valence-corrected chi connectivity index (χ4v) is 3.95. The van der Waals surface area contributed by atoms with Crippen LogP contribution in [0.5, 0.6) is 0 Å².